The molecule has 0 radical (unpaired) electrons. The Kier molecular flexibility index (Phi) is 9.24. The standard InChI is InChI=1S/C12H18O2S2/c1-5-7-10(8-11(13)14-6-2)9-12(15-3)16-4/h5,7-9H,6H2,1-4H3/b7-5+,10-8-. The lowest BCUT2D eigenvalue weighted by Crippen LogP contribution is -2.00. The molecule has 0 aliphatic carbocycles. The molecule has 2 nitrogen and oxygen atoms in total. The van der Waals surface area contributed by atoms with Crippen LogP contribution in [0, 0.1) is 0 Å². The number of thioether (sulfide) groups is 2. The molecule has 0 aliphatic heterocycles. The maximum Gasteiger partial charge on any atom is 0.331 e. The third-order valence-corrected chi connectivity index (χ3v) is 3.66. The summed E-state index contributed by atoms with van der Waals surface area (Å²) >= 11 is 3.32. The highest BCUT2D eigenvalue weighted by atomic mass is 32.2. The molecule has 0 saturated carbocycles. The van der Waals surface area contributed by atoms with Gasteiger partial charge in [-0.15, -0.1) is 23.5 Å². The molecular formula is C12H18O2S2. The fourth-order valence-electron chi connectivity index (χ4n) is 0.988. The Balaban J connectivity index is 4.86. The van der Waals surface area contributed by atoms with E-state index in [0.29, 0.717) is 6.61 Å². The second-order valence-corrected chi connectivity index (χ2v) is 4.72. The van der Waals surface area contributed by atoms with Gasteiger partial charge in [0.25, 0.3) is 0 Å². The summed E-state index contributed by atoms with van der Waals surface area (Å²) in [4.78, 5) is 11.3. The van der Waals surface area contributed by atoms with Crippen LogP contribution in [-0.2, 0) is 9.53 Å². The van der Waals surface area contributed by atoms with Crippen molar-refractivity contribution in [3.8, 4) is 0 Å². The van der Waals surface area contributed by atoms with Crippen LogP contribution in [0.5, 0.6) is 0 Å². The minimum atomic E-state index is -0.298. The number of allylic oxidation sites excluding steroid dienone is 4. The summed E-state index contributed by atoms with van der Waals surface area (Å²) < 4.78 is 6.04. The smallest absolute Gasteiger partial charge is 0.331 e. The van der Waals surface area contributed by atoms with Gasteiger partial charge >= 0.3 is 5.97 Å². The maximum atomic E-state index is 11.3. The fourth-order valence-corrected chi connectivity index (χ4v) is 2.16. The van der Waals surface area contributed by atoms with Gasteiger partial charge in [0.15, 0.2) is 0 Å². The third-order valence-electron chi connectivity index (χ3n) is 1.62. The largest absolute Gasteiger partial charge is 0.463 e. The van der Waals surface area contributed by atoms with Gasteiger partial charge in [-0.25, -0.2) is 4.79 Å². The first-order valence-electron chi connectivity index (χ1n) is 4.98. The molecule has 0 aromatic heterocycles. The quantitative estimate of drug-likeness (QED) is 0.413. The van der Waals surface area contributed by atoms with E-state index in [1.165, 1.54) is 6.08 Å². The van der Waals surface area contributed by atoms with Crippen molar-refractivity contribution in [3.05, 3.63) is 34.1 Å². The Morgan fingerprint density at radius 3 is 2.31 bits per heavy atom. The van der Waals surface area contributed by atoms with E-state index in [-0.39, 0.29) is 5.97 Å². The first kappa shape index (κ1) is 15.4. The topological polar surface area (TPSA) is 26.3 Å². The van der Waals surface area contributed by atoms with E-state index in [1.54, 1.807) is 30.4 Å². The van der Waals surface area contributed by atoms with E-state index in [4.69, 9.17) is 4.74 Å². The highest BCUT2D eigenvalue weighted by Gasteiger charge is 1.99. The Morgan fingerprint density at radius 2 is 1.88 bits per heavy atom. The van der Waals surface area contributed by atoms with E-state index in [0.717, 1.165) is 9.81 Å². The van der Waals surface area contributed by atoms with Gasteiger partial charge in [-0.05, 0) is 38.0 Å². The summed E-state index contributed by atoms with van der Waals surface area (Å²) in [5.41, 5.74) is 0.861. The molecule has 0 spiro atoms. The number of hydrogen-bond acceptors (Lipinski definition) is 4. The van der Waals surface area contributed by atoms with E-state index < -0.39 is 0 Å². The fraction of sp³-hybridized carbons (Fsp3) is 0.417. The Morgan fingerprint density at radius 1 is 1.25 bits per heavy atom. The first-order valence-corrected chi connectivity index (χ1v) is 7.43. The summed E-state index contributed by atoms with van der Waals surface area (Å²) in [5, 5.41) is 0. The lowest BCUT2D eigenvalue weighted by Gasteiger charge is -2.01. The van der Waals surface area contributed by atoms with Crippen LogP contribution in [0.4, 0.5) is 0 Å². The van der Waals surface area contributed by atoms with E-state index in [9.17, 15) is 4.79 Å². The van der Waals surface area contributed by atoms with Crippen LogP contribution >= 0.6 is 23.5 Å². The molecule has 0 fully saturated rings. The van der Waals surface area contributed by atoms with Crippen LogP contribution in [0.15, 0.2) is 34.1 Å². The van der Waals surface area contributed by atoms with E-state index in [1.807, 2.05) is 37.7 Å². The van der Waals surface area contributed by atoms with Crippen molar-refractivity contribution in [1.29, 1.82) is 0 Å². The SMILES string of the molecule is C/C=C/C(C=C(SC)SC)=C/C(=O)OCC. The maximum absolute atomic E-state index is 11.3. The van der Waals surface area contributed by atoms with Crippen LogP contribution in [0.25, 0.3) is 0 Å². The molecule has 16 heavy (non-hydrogen) atoms. The number of hydrogen-bond donors (Lipinski definition) is 0. The molecule has 0 rings (SSSR count). The van der Waals surface area contributed by atoms with Crippen molar-refractivity contribution in [2.75, 3.05) is 19.1 Å². The van der Waals surface area contributed by atoms with Gasteiger partial charge < -0.3 is 4.74 Å². The zero-order valence-corrected chi connectivity index (χ0v) is 11.8. The molecule has 0 bridgehead atoms. The zero-order chi connectivity index (χ0) is 12.4. The summed E-state index contributed by atoms with van der Waals surface area (Å²) in [6, 6.07) is 0. The van der Waals surface area contributed by atoms with Gasteiger partial charge in [0.2, 0.25) is 0 Å². The summed E-state index contributed by atoms with van der Waals surface area (Å²) in [5.74, 6) is -0.298. The van der Waals surface area contributed by atoms with Crippen molar-refractivity contribution < 1.29 is 9.53 Å². The van der Waals surface area contributed by atoms with Gasteiger partial charge in [-0.2, -0.15) is 0 Å². The highest BCUT2D eigenvalue weighted by molar-refractivity contribution is 8.21. The molecule has 0 amide bonds. The van der Waals surface area contributed by atoms with Gasteiger partial charge in [0, 0.05) is 10.3 Å². The normalized spacial score (nSPS) is 11.6. The second kappa shape index (κ2) is 9.60. The van der Waals surface area contributed by atoms with Gasteiger partial charge in [-0.1, -0.05) is 12.2 Å². The van der Waals surface area contributed by atoms with Gasteiger partial charge in [0.05, 0.1) is 6.61 Å². The predicted molar refractivity (Wildman–Crippen MR) is 74.6 cm³/mol. The number of ether oxygens (including phenoxy) is 1. The Labute approximate surface area is 106 Å². The molecule has 0 saturated heterocycles. The molecule has 0 aromatic rings. The average Bonchev–Trinajstić information content (AvgIpc) is 2.26. The molecule has 90 valence electrons. The van der Waals surface area contributed by atoms with Crippen LogP contribution in [-0.4, -0.2) is 25.1 Å². The third kappa shape index (κ3) is 6.80. The lowest BCUT2D eigenvalue weighted by atomic mass is 10.2. The van der Waals surface area contributed by atoms with Crippen LogP contribution < -0.4 is 0 Å². The van der Waals surface area contributed by atoms with Crippen molar-refractivity contribution in [3.63, 3.8) is 0 Å². The Hall–Kier alpha value is -0.610. The summed E-state index contributed by atoms with van der Waals surface area (Å²) in [6.07, 6.45) is 11.3. The minimum absolute atomic E-state index is 0.298. The van der Waals surface area contributed by atoms with Crippen LogP contribution in [0.2, 0.25) is 0 Å². The first-order chi connectivity index (χ1) is 7.67. The molecule has 0 aliphatic rings. The summed E-state index contributed by atoms with van der Waals surface area (Å²) in [7, 11) is 0. The Bertz CT molecular complexity index is 298. The highest BCUT2D eigenvalue weighted by Crippen LogP contribution is 2.25. The molecule has 0 unspecified atom stereocenters. The number of rotatable bonds is 6. The zero-order valence-electron chi connectivity index (χ0n) is 10.1. The van der Waals surface area contributed by atoms with Crippen molar-refractivity contribution in [2.24, 2.45) is 0 Å². The molecule has 0 heterocycles. The second-order valence-electron chi connectivity index (χ2n) is 2.77. The monoisotopic (exact) mass is 258 g/mol. The van der Waals surface area contributed by atoms with Crippen LogP contribution in [0.1, 0.15) is 13.8 Å². The minimum Gasteiger partial charge on any atom is -0.463 e. The van der Waals surface area contributed by atoms with Crippen LogP contribution in [0.3, 0.4) is 0 Å². The van der Waals surface area contributed by atoms with Crippen molar-refractivity contribution in [1.82, 2.24) is 0 Å². The van der Waals surface area contributed by atoms with E-state index in [2.05, 4.69) is 0 Å². The number of esters is 1. The summed E-state index contributed by atoms with van der Waals surface area (Å²) in [6.45, 7) is 4.12. The molecule has 0 atom stereocenters. The number of carbonyl (C=O) groups excluding carboxylic acids is 1. The van der Waals surface area contributed by atoms with Gasteiger partial charge in [0.1, 0.15) is 0 Å². The van der Waals surface area contributed by atoms with Crippen molar-refractivity contribution in [2.45, 2.75) is 13.8 Å². The molecule has 0 N–H and O–H groups in total. The average molecular weight is 258 g/mol. The van der Waals surface area contributed by atoms with E-state index >= 15 is 0 Å². The van der Waals surface area contributed by atoms with Crippen molar-refractivity contribution >= 4 is 29.5 Å². The lowest BCUT2D eigenvalue weighted by molar-refractivity contribution is -0.137. The van der Waals surface area contributed by atoms with Gasteiger partial charge in [-0.3, -0.25) is 0 Å². The molecule has 4 heteroatoms. The molecule has 0 aromatic carbocycles. The predicted octanol–water partition coefficient (Wildman–Crippen LogP) is 3.62. The number of carbonyl (C=O) groups is 1. The molecular weight excluding hydrogens is 240 g/mol.